The Kier molecular flexibility index (Phi) is 11.9. The number of aliphatic hydroxyl groups excluding tert-OH is 4. The third-order valence-electron chi connectivity index (χ3n) is 8.93. The van der Waals surface area contributed by atoms with Crippen molar-refractivity contribution < 1.29 is 98.7 Å². The smallest absolute Gasteiger partial charge is 0.354 e. The maximum absolute atomic E-state index is 12.3. The van der Waals surface area contributed by atoms with Gasteiger partial charge in [0.1, 0.15) is 54.8 Å². The summed E-state index contributed by atoms with van der Waals surface area (Å²) in [5.41, 5.74) is -2.08. The standard InChI is InChI=1S/C32H36N2O20/c35-10-32(49)11-51-31(26(32)42)54-25-24(41)23(40)20(9-50-22(39)8-21(37)38)53-30(25)52-19-6-13-5-17(29(47)48)34(16(13)7-18(19)36)2-1-12-3-14(27(43)44)33-15(4-12)28(45)46/h1-3,6-7,15,17,20,23-26,30-31,35-36,40-42,49H,4-5,8-11H2,(H,37,38)(H,43,44)(H,45,46)(H,47,48)/b2-1+/t15-,17-,20+,23-,24-,25+,26-,30+,31-,32+/m0/s1. The van der Waals surface area contributed by atoms with Gasteiger partial charge in [0, 0.05) is 30.8 Å². The number of aliphatic carboxylic acids is 4. The van der Waals surface area contributed by atoms with Crippen LogP contribution in [-0.2, 0) is 49.3 Å². The van der Waals surface area contributed by atoms with E-state index in [2.05, 4.69) is 4.99 Å². The summed E-state index contributed by atoms with van der Waals surface area (Å²) in [6.45, 7) is -2.36. The van der Waals surface area contributed by atoms with E-state index in [4.69, 9.17) is 28.8 Å². The Labute approximate surface area is 302 Å². The molecule has 2 fully saturated rings. The number of rotatable bonds is 14. The number of esters is 1. The van der Waals surface area contributed by atoms with Crippen LogP contribution in [0.5, 0.6) is 11.5 Å². The molecule has 5 rings (SSSR count). The Bertz CT molecular complexity index is 1760. The van der Waals surface area contributed by atoms with Crippen molar-refractivity contribution in [1.82, 2.24) is 0 Å². The minimum Gasteiger partial charge on any atom is -0.504 e. The summed E-state index contributed by atoms with van der Waals surface area (Å²) in [5, 5.41) is 101. The number of aliphatic hydroxyl groups is 5. The van der Waals surface area contributed by atoms with Crippen LogP contribution in [0.4, 0.5) is 5.69 Å². The van der Waals surface area contributed by atoms with Gasteiger partial charge in [0.25, 0.3) is 0 Å². The molecule has 0 bridgehead atoms. The Hall–Kier alpha value is -5.20. The first-order chi connectivity index (χ1) is 25.4. The number of anilines is 1. The molecule has 1 aromatic rings. The second kappa shape index (κ2) is 16.0. The van der Waals surface area contributed by atoms with Gasteiger partial charge in [-0.1, -0.05) is 0 Å². The largest absolute Gasteiger partial charge is 0.504 e. The van der Waals surface area contributed by atoms with Gasteiger partial charge in [-0.15, -0.1) is 0 Å². The summed E-state index contributed by atoms with van der Waals surface area (Å²) in [6.07, 6.45) is -10.5. The highest BCUT2D eigenvalue weighted by Gasteiger charge is 2.54. The maximum Gasteiger partial charge on any atom is 0.354 e. The number of dihydropyridines is 1. The number of fused-ring (bicyclic) bond motifs is 1. The Morgan fingerprint density at radius 1 is 1.00 bits per heavy atom. The van der Waals surface area contributed by atoms with Crippen molar-refractivity contribution in [3.8, 4) is 11.5 Å². The van der Waals surface area contributed by atoms with E-state index in [0.717, 1.165) is 12.1 Å². The van der Waals surface area contributed by atoms with Crippen LogP contribution in [0, 0.1) is 0 Å². The van der Waals surface area contributed by atoms with Gasteiger partial charge in [0.05, 0.1) is 13.2 Å². The Morgan fingerprint density at radius 3 is 2.33 bits per heavy atom. The van der Waals surface area contributed by atoms with Crippen LogP contribution < -0.4 is 9.64 Å². The maximum atomic E-state index is 12.3. The number of carbonyl (C=O) groups is 5. The molecule has 4 aliphatic rings. The quantitative estimate of drug-likeness (QED) is 0.0654. The molecule has 4 heterocycles. The third kappa shape index (κ3) is 8.45. The molecule has 22 nitrogen and oxygen atoms in total. The lowest BCUT2D eigenvalue weighted by atomic mass is 9.98. The van der Waals surface area contributed by atoms with Crippen LogP contribution in [-0.4, -0.2) is 167 Å². The molecule has 4 aliphatic heterocycles. The van der Waals surface area contributed by atoms with Crippen molar-refractivity contribution in [1.29, 1.82) is 0 Å². The van der Waals surface area contributed by atoms with Gasteiger partial charge < -0.3 is 79.6 Å². The van der Waals surface area contributed by atoms with Gasteiger partial charge in [-0.05, 0) is 29.4 Å². The molecule has 0 aromatic heterocycles. The summed E-state index contributed by atoms with van der Waals surface area (Å²) in [6, 6.07) is -0.360. The zero-order chi connectivity index (χ0) is 39.6. The molecule has 0 aliphatic carbocycles. The van der Waals surface area contributed by atoms with Crippen molar-refractivity contribution in [2.24, 2.45) is 4.99 Å². The van der Waals surface area contributed by atoms with Gasteiger partial charge in [-0.25, -0.2) is 14.4 Å². The Morgan fingerprint density at radius 2 is 1.72 bits per heavy atom. The van der Waals surface area contributed by atoms with E-state index >= 15 is 0 Å². The lowest BCUT2D eigenvalue weighted by Gasteiger charge is -2.43. The zero-order valence-electron chi connectivity index (χ0n) is 27.8. The van der Waals surface area contributed by atoms with E-state index < -0.39 is 134 Å². The van der Waals surface area contributed by atoms with Crippen molar-refractivity contribution in [3.63, 3.8) is 0 Å². The fraction of sp³-hybridized carbons (Fsp3) is 0.500. The van der Waals surface area contributed by atoms with Crippen LogP contribution in [0.15, 0.2) is 41.1 Å². The second-order valence-corrected chi connectivity index (χ2v) is 12.7. The number of phenols is 1. The summed E-state index contributed by atoms with van der Waals surface area (Å²) in [5.74, 6) is -7.92. The topological polar surface area (TPSA) is 349 Å². The molecular formula is C32H36N2O20. The van der Waals surface area contributed by atoms with E-state index in [1.165, 1.54) is 23.2 Å². The van der Waals surface area contributed by atoms with Gasteiger partial charge >= 0.3 is 29.8 Å². The minimum absolute atomic E-state index is 0.142. The minimum atomic E-state index is -2.17. The van der Waals surface area contributed by atoms with Gasteiger partial charge in [-0.2, -0.15) is 0 Å². The molecule has 0 saturated carbocycles. The number of nitrogens with zero attached hydrogens (tertiary/aromatic N) is 2. The number of aliphatic imine (C=N–C) groups is 1. The normalized spacial score (nSPS) is 32.1. The fourth-order valence-corrected chi connectivity index (χ4v) is 6.04. The van der Waals surface area contributed by atoms with E-state index in [1.54, 1.807) is 0 Å². The van der Waals surface area contributed by atoms with Crippen molar-refractivity contribution in [2.75, 3.05) is 24.7 Å². The predicted molar refractivity (Wildman–Crippen MR) is 171 cm³/mol. The van der Waals surface area contributed by atoms with Crippen LogP contribution in [0.25, 0.3) is 0 Å². The average Bonchev–Trinajstić information content (AvgIpc) is 3.61. The van der Waals surface area contributed by atoms with Crippen molar-refractivity contribution in [3.05, 3.63) is 41.6 Å². The van der Waals surface area contributed by atoms with Crippen LogP contribution in [0.3, 0.4) is 0 Å². The zero-order valence-corrected chi connectivity index (χ0v) is 27.8. The average molecular weight is 769 g/mol. The molecule has 10 N–H and O–H groups in total. The summed E-state index contributed by atoms with van der Waals surface area (Å²) < 4.78 is 27.3. The second-order valence-electron chi connectivity index (χ2n) is 12.7. The van der Waals surface area contributed by atoms with E-state index in [0.29, 0.717) is 0 Å². The molecule has 0 radical (unpaired) electrons. The molecule has 1 aromatic carbocycles. The molecule has 10 atom stereocenters. The number of allylic oxidation sites excluding steroid dienone is 1. The molecule has 2 saturated heterocycles. The predicted octanol–water partition coefficient (Wildman–Crippen LogP) is -3.30. The van der Waals surface area contributed by atoms with Crippen LogP contribution in [0.1, 0.15) is 18.4 Å². The van der Waals surface area contributed by atoms with Crippen molar-refractivity contribution >= 4 is 41.2 Å². The third-order valence-corrected chi connectivity index (χ3v) is 8.93. The first-order valence-electron chi connectivity index (χ1n) is 16.1. The number of benzene rings is 1. The van der Waals surface area contributed by atoms with Gasteiger partial charge in [0.15, 0.2) is 29.9 Å². The number of hydrogen-bond donors (Lipinski definition) is 10. The highest BCUT2D eigenvalue weighted by Crippen LogP contribution is 2.42. The summed E-state index contributed by atoms with van der Waals surface area (Å²) in [7, 11) is 0. The number of aromatic hydroxyl groups is 1. The first-order valence-corrected chi connectivity index (χ1v) is 16.1. The SMILES string of the molecule is O=C(O)CC(=O)OC[C@H]1O[C@@H](Oc2cc3c(cc2O)N(/C=C/C2=CC(C(=O)O)=N[C@H](C(=O)O)C2)[C@H](C(=O)O)C3)[C@H](O[C@@H]2OC[C@](O)(CO)[C@H]2O)[C@@H](O)[C@H]1O. The molecular weight excluding hydrogens is 732 g/mol. The van der Waals surface area contributed by atoms with E-state index in [9.17, 15) is 69.9 Å². The van der Waals surface area contributed by atoms with E-state index in [1.807, 2.05) is 0 Å². The lowest BCUT2D eigenvalue weighted by molar-refractivity contribution is -0.319. The molecule has 0 unspecified atom stereocenters. The fourth-order valence-electron chi connectivity index (χ4n) is 6.04. The number of ether oxygens (including phenoxy) is 5. The lowest BCUT2D eigenvalue weighted by Crippen LogP contribution is -2.62. The van der Waals surface area contributed by atoms with Gasteiger partial charge in [-0.3, -0.25) is 14.6 Å². The monoisotopic (exact) mass is 768 g/mol. The number of carboxylic acid groups (broad SMARTS) is 4. The molecule has 0 amide bonds. The number of phenolic OH excluding ortho intramolecular Hbond substituents is 1. The molecule has 54 heavy (non-hydrogen) atoms. The van der Waals surface area contributed by atoms with Crippen molar-refractivity contribution in [2.45, 2.75) is 80.0 Å². The van der Waals surface area contributed by atoms with Crippen LogP contribution >= 0.6 is 0 Å². The summed E-state index contributed by atoms with van der Waals surface area (Å²) >= 11 is 0. The van der Waals surface area contributed by atoms with Crippen LogP contribution in [0.2, 0.25) is 0 Å². The van der Waals surface area contributed by atoms with Gasteiger partial charge in [0.2, 0.25) is 6.29 Å². The molecule has 22 heteroatoms. The number of carboxylic acids is 4. The highest BCUT2D eigenvalue weighted by molar-refractivity contribution is 6.41. The highest BCUT2D eigenvalue weighted by atomic mass is 16.8. The number of carbonyl (C=O) groups excluding carboxylic acids is 1. The number of hydrogen-bond acceptors (Lipinski definition) is 18. The van der Waals surface area contributed by atoms with E-state index in [-0.39, 0.29) is 29.7 Å². The first kappa shape index (κ1) is 40.0. The summed E-state index contributed by atoms with van der Waals surface area (Å²) in [4.78, 5) is 63.0. The molecule has 0 spiro atoms. The Balaban J connectivity index is 1.43. The molecule has 294 valence electrons.